The molecule has 2 rings (SSSR count). The highest BCUT2D eigenvalue weighted by atomic mass is 32.2. The summed E-state index contributed by atoms with van der Waals surface area (Å²) in [4.78, 5) is 52.1. The Kier molecular flexibility index (Phi) is 10.7. The summed E-state index contributed by atoms with van der Waals surface area (Å²) in [6, 6.07) is -1.18. The molecule has 0 aromatic rings. The van der Waals surface area contributed by atoms with Crippen LogP contribution in [0.4, 0.5) is 0 Å². The van der Waals surface area contributed by atoms with Gasteiger partial charge in [-0.05, 0) is 30.6 Å². The molecule has 2 aliphatic heterocycles. The van der Waals surface area contributed by atoms with Gasteiger partial charge in [-0.1, -0.05) is 60.3 Å². The van der Waals surface area contributed by atoms with Gasteiger partial charge in [0.25, 0.3) is 0 Å². The minimum Gasteiger partial charge on any atom is -0.345 e. The number of hydrogen-bond acceptors (Lipinski definition) is 5. The molecule has 4 atom stereocenters. The number of rotatable bonds is 10. The van der Waals surface area contributed by atoms with Crippen LogP contribution < -0.4 is 16.0 Å². The second-order valence-corrected chi connectivity index (χ2v) is 11.8. The summed E-state index contributed by atoms with van der Waals surface area (Å²) >= 11 is 1.39. The maximum atomic E-state index is 13.6. The van der Waals surface area contributed by atoms with Crippen LogP contribution in [0, 0.1) is 17.3 Å². The van der Waals surface area contributed by atoms with Crippen LogP contribution in [-0.2, 0) is 19.2 Å². The zero-order valence-corrected chi connectivity index (χ0v) is 22.6. The summed E-state index contributed by atoms with van der Waals surface area (Å²) in [7, 11) is 0. The number of nitrogens with one attached hydrogen (secondary N) is 3. The van der Waals surface area contributed by atoms with Crippen molar-refractivity contribution >= 4 is 35.4 Å². The number of carbonyl (C=O) groups excluding carboxylic acids is 4. The third-order valence-electron chi connectivity index (χ3n) is 7.03. The first-order chi connectivity index (χ1) is 16.0. The van der Waals surface area contributed by atoms with Crippen LogP contribution in [-0.4, -0.2) is 71.2 Å². The first kappa shape index (κ1) is 28.5. The molecule has 0 aliphatic carbocycles. The maximum Gasteiger partial charge on any atom is 0.245 e. The Hall–Kier alpha value is -1.77. The number of carbonyl (C=O) groups is 4. The summed E-state index contributed by atoms with van der Waals surface area (Å²) in [6.45, 7) is 12.9. The number of amides is 4. The van der Waals surface area contributed by atoms with Crippen molar-refractivity contribution in [1.82, 2.24) is 20.9 Å². The van der Waals surface area contributed by atoms with Crippen LogP contribution in [0.25, 0.3) is 0 Å². The molecule has 2 aliphatic rings. The quantitative estimate of drug-likeness (QED) is 0.430. The van der Waals surface area contributed by atoms with Crippen molar-refractivity contribution in [2.45, 2.75) is 91.8 Å². The number of thioether (sulfide) groups is 1. The molecule has 0 bridgehead atoms. The van der Waals surface area contributed by atoms with Crippen molar-refractivity contribution in [3.05, 3.63) is 0 Å². The molecule has 0 saturated carbocycles. The monoisotopic (exact) mass is 496 g/mol. The van der Waals surface area contributed by atoms with E-state index in [1.165, 1.54) is 24.6 Å². The molecule has 0 aromatic carbocycles. The van der Waals surface area contributed by atoms with Crippen molar-refractivity contribution in [2.75, 3.05) is 24.6 Å². The number of hydrogen-bond donors (Lipinski definition) is 3. The Morgan fingerprint density at radius 1 is 1.18 bits per heavy atom. The van der Waals surface area contributed by atoms with Gasteiger partial charge < -0.3 is 20.9 Å². The summed E-state index contributed by atoms with van der Waals surface area (Å²) in [5.41, 5.74) is -0.477. The van der Waals surface area contributed by atoms with Gasteiger partial charge in [0.1, 0.15) is 12.1 Å². The molecule has 2 fully saturated rings. The predicted octanol–water partition coefficient (Wildman–Crippen LogP) is 2.32. The highest BCUT2D eigenvalue weighted by Crippen LogP contribution is 2.36. The Morgan fingerprint density at radius 2 is 1.82 bits per heavy atom. The molecule has 0 aromatic heterocycles. The minimum absolute atomic E-state index is 0.0510. The van der Waals surface area contributed by atoms with E-state index in [0.717, 1.165) is 19.3 Å². The second-order valence-electron chi connectivity index (χ2n) is 10.8. The van der Waals surface area contributed by atoms with E-state index in [1.807, 2.05) is 25.7 Å². The fourth-order valence-corrected chi connectivity index (χ4v) is 6.08. The SMILES string of the molecule is CCCC(CCC)[C@H]1CCN(C(=O)C(NC(=O)CNC(=O)C2CSCC(=O)N2)C(C)(C)C)[C@@H]1C. The molecule has 8 nitrogen and oxygen atoms in total. The lowest BCUT2D eigenvalue weighted by molar-refractivity contribution is -0.140. The van der Waals surface area contributed by atoms with E-state index in [-0.39, 0.29) is 30.3 Å². The highest BCUT2D eigenvalue weighted by molar-refractivity contribution is 8.00. The lowest BCUT2D eigenvalue weighted by Gasteiger charge is -2.36. The van der Waals surface area contributed by atoms with Gasteiger partial charge in [0, 0.05) is 18.3 Å². The molecule has 2 unspecified atom stereocenters. The average Bonchev–Trinajstić information content (AvgIpc) is 3.15. The van der Waals surface area contributed by atoms with Gasteiger partial charge in [-0.2, -0.15) is 0 Å². The third-order valence-corrected chi connectivity index (χ3v) is 8.07. The first-order valence-electron chi connectivity index (χ1n) is 12.7. The molecule has 34 heavy (non-hydrogen) atoms. The summed E-state index contributed by atoms with van der Waals surface area (Å²) in [6.07, 6.45) is 5.67. The Bertz CT molecular complexity index is 733. The smallest absolute Gasteiger partial charge is 0.245 e. The fraction of sp³-hybridized carbons (Fsp3) is 0.840. The molecule has 4 amide bonds. The molecular weight excluding hydrogens is 452 g/mol. The third kappa shape index (κ3) is 7.62. The first-order valence-corrected chi connectivity index (χ1v) is 13.9. The Morgan fingerprint density at radius 3 is 2.38 bits per heavy atom. The van der Waals surface area contributed by atoms with Crippen LogP contribution in [0.15, 0.2) is 0 Å². The van der Waals surface area contributed by atoms with Crippen molar-refractivity contribution in [3.8, 4) is 0 Å². The van der Waals surface area contributed by atoms with Crippen LogP contribution in [0.5, 0.6) is 0 Å². The molecule has 2 saturated heterocycles. The van der Waals surface area contributed by atoms with Crippen molar-refractivity contribution in [1.29, 1.82) is 0 Å². The van der Waals surface area contributed by atoms with Crippen LogP contribution >= 0.6 is 11.8 Å². The molecular formula is C25H44N4O4S. The maximum absolute atomic E-state index is 13.6. The molecule has 9 heteroatoms. The largest absolute Gasteiger partial charge is 0.345 e. The van der Waals surface area contributed by atoms with Gasteiger partial charge in [0.15, 0.2) is 0 Å². The summed E-state index contributed by atoms with van der Waals surface area (Å²) < 4.78 is 0. The van der Waals surface area contributed by atoms with Gasteiger partial charge in [0.05, 0.1) is 12.3 Å². The average molecular weight is 497 g/mol. The Balaban J connectivity index is 1.99. The van der Waals surface area contributed by atoms with Crippen LogP contribution in [0.2, 0.25) is 0 Å². The van der Waals surface area contributed by atoms with Crippen molar-refractivity contribution in [2.24, 2.45) is 17.3 Å². The predicted molar refractivity (Wildman–Crippen MR) is 136 cm³/mol. The van der Waals surface area contributed by atoms with Gasteiger partial charge in [0.2, 0.25) is 23.6 Å². The number of nitrogens with zero attached hydrogens (tertiary/aromatic N) is 1. The van der Waals surface area contributed by atoms with Gasteiger partial charge in [-0.15, -0.1) is 11.8 Å². The van der Waals surface area contributed by atoms with E-state index in [1.54, 1.807) is 0 Å². The van der Waals surface area contributed by atoms with Crippen molar-refractivity contribution in [3.63, 3.8) is 0 Å². The lowest BCUT2D eigenvalue weighted by Crippen LogP contribution is -2.58. The van der Waals surface area contributed by atoms with Gasteiger partial charge in [-0.3, -0.25) is 19.2 Å². The summed E-state index contributed by atoms with van der Waals surface area (Å²) in [5, 5.41) is 8.10. The molecule has 3 N–H and O–H groups in total. The van der Waals surface area contributed by atoms with E-state index in [9.17, 15) is 19.2 Å². The van der Waals surface area contributed by atoms with E-state index < -0.39 is 23.4 Å². The highest BCUT2D eigenvalue weighted by Gasteiger charge is 2.43. The zero-order valence-electron chi connectivity index (χ0n) is 21.7. The molecule has 0 spiro atoms. The zero-order chi connectivity index (χ0) is 25.5. The lowest BCUT2D eigenvalue weighted by atomic mass is 9.80. The molecule has 0 radical (unpaired) electrons. The van der Waals surface area contributed by atoms with E-state index in [4.69, 9.17) is 0 Å². The molecule has 2 heterocycles. The van der Waals surface area contributed by atoms with E-state index in [0.29, 0.717) is 29.9 Å². The van der Waals surface area contributed by atoms with E-state index in [2.05, 4.69) is 36.7 Å². The summed E-state index contributed by atoms with van der Waals surface area (Å²) in [5.74, 6) is 0.905. The second kappa shape index (κ2) is 12.8. The van der Waals surface area contributed by atoms with E-state index >= 15 is 0 Å². The topological polar surface area (TPSA) is 108 Å². The van der Waals surface area contributed by atoms with Crippen molar-refractivity contribution < 1.29 is 19.2 Å². The normalized spacial score (nSPS) is 24.0. The van der Waals surface area contributed by atoms with Crippen LogP contribution in [0.1, 0.15) is 73.6 Å². The fourth-order valence-electron chi connectivity index (χ4n) is 5.22. The molecule has 194 valence electrons. The standard InChI is InChI=1S/C25H44N4O4S/c1-7-9-17(10-8-2)18-11-12-29(16(18)3)24(33)22(25(4,5)6)28-20(30)13-26-23(32)19-14-34-15-21(31)27-19/h16-19,22H,7-15H2,1-6H3,(H,26,32)(H,27,31)(H,28,30)/t16-,18+,19?,22?/m1/s1. The Labute approximate surface area is 209 Å². The van der Waals surface area contributed by atoms with Crippen LogP contribution in [0.3, 0.4) is 0 Å². The van der Waals surface area contributed by atoms with Gasteiger partial charge >= 0.3 is 0 Å². The van der Waals surface area contributed by atoms with Gasteiger partial charge in [-0.25, -0.2) is 0 Å². The minimum atomic E-state index is -0.682. The number of likely N-dealkylation sites (tertiary alicyclic amines) is 1.